The van der Waals surface area contributed by atoms with Gasteiger partial charge in [-0.2, -0.15) is 4.98 Å². The first kappa shape index (κ1) is 35.4. The molecule has 0 atom stereocenters. The molecule has 3 aromatic carbocycles. The van der Waals surface area contributed by atoms with E-state index in [9.17, 15) is 9.59 Å². The lowest BCUT2D eigenvalue weighted by Crippen LogP contribution is -2.56. The van der Waals surface area contributed by atoms with Gasteiger partial charge in [0.15, 0.2) is 0 Å². The maximum absolute atomic E-state index is 13.5. The topological polar surface area (TPSA) is 84.4 Å². The number of nitrogens with zero attached hydrogens (tertiary/aromatic N) is 4. The molecule has 1 saturated heterocycles. The van der Waals surface area contributed by atoms with Crippen LogP contribution in [0.4, 0.5) is 10.5 Å². The number of piperazine rings is 1. The minimum absolute atomic E-state index is 0.0386. The number of pyridine rings is 1. The summed E-state index contributed by atoms with van der Waals surface area (Å²) in [7, 11) is 0. The summed E-state index contributed by atoms with van der Waals surface area (Å²) in [4.78, 5) is 37.4. The van der Waals surface area contributed by atoms with E-state index in [1.54, 1.807) is 0 Å². The van der Waals surface area contributed by atoms with Crippen molar-refractivity contribution in [1.82, 2.24) is 14.8 Å². The van der Waals surface area contributed by atoms with Crippen LogP contribution in [0.1, 0.15) is 52.7 Å². The van der Waals surface area contributed by atoms with Gasteiger partial charge in [-0.15, -0.1) is 0 Å². The third-order valence-electron chi connectivity index (χ3n) is 8.26. The third-order valence-corrected chi connectivity index (χ3v) is 8.26. The van der Waals surface area contributed by atoms with Crippen LogP contribution in [0, 0.1) is 0 Å². The Morgan fingerprint density at radius 3 is 1.84 bits per heavy atom. The molecular formula is C40H48N4O5. The fourth-order valence-electron chi connectivity index (χ4n) is 5.55. The summed E-state index contributed by atoms with van der Waals surface area (Å²) >= 11 is 0. The van der Waals surface area contributed by atoms with Crippen molar-refractivity contribution < 1.29 is 23.8 Å². The Morgan fingerprint density at radius 2 is 1.29 bits per heavy atom. The molecule has 9 nitrogen and oxygen atoms in total. The predicted octanol–water partition coefficient (Wildman–Crippen LogP) is 7.59. The van der Waals surface area contributed by atoms with Crippen molar-refractivity contribution in [3.63, 3.8) is 0 Å². The lowest BCUT2D eigenvalue weighted by atomic mass is 10.0. The molecule has 2 heterocycles. The fraction of sp³-hybridized carbons (Fsp3) is 0.375. The number of hydrogen-bond acceptors (Lipinski definition) is 7. The second kappa shape index (κ2) is 15.6. The Morgan fingerprint density at radius 1 is 0.714 bits per heavy atom. The Hall–Kier alpha value is -4.89. The monoisotopic (exact) mass is 664 g/mol. The zero-order valence-corrected chi connectivity index (χ0v) is 29.5. The summed E-state index contributed by atoms with van der Waals surface area (Å²) < 4.78 is 18.0. The summed E-state index contributed by atoms with van der Waals surface area (Å²) in [5.41, 5.74) is 3.53. The van der Waals surface area contributed by atoms with Gasteiger partial charge in [0.05, 0.1) is 0 Å². The first-order valence-electron chi connectivity index (χ1n) is 16.8. The van der Waals surface area contributed by atoms with E-state index in [2.05, 4.69) is 25.7 Å². The van der Waals surface area contributed by atoms with Crippen LogP contribution >= 0.6 is 0 Å². The van der Waals surface area contributed by atoms with Crippen molar-refractivity contribution >= 4 is 17.7 Å². The zero-order valence-electron chi connectivity index (χ0n) is 29.5. The van der Waals surface area contributed by atoms with Crippen molar-refractivity contribution in [2.45, 2.75) is 65.9 Å². The van der Waals surface area contributed by atoms with Crippen LogP contribution in [-0.4, -0.2) is 70.6 Å². The molecular weight excluding hydrogens is 616 g/mol. The molecule has 2 amide bonds. The number of anilines is 1. The van der Waals surface area contributed by atoms with Gasteiger partial charge in [0, 0.05) is 49.0 Å². The highest BCUT2D eigenvalue weighted by Gasteiger charge is 2.31. The van der Waals surface area contributed by atoms with Gasteiger partial charge in [0.25, 0.3) is 0 Å². The van der Waals surface area contributed by atoms with E-state index >= 15 is 0 Å². The van der Waals surface area contributed by atoms with Gasteiger partial charge in [-0.05, 0) is 76.4 Å². The molecule has 1 aliphatic heterocycles. The average Bonchev–Trinajstić information content (AvgIpc) is 3.08. The predicted molar refractivity (Wildman–Crippen MR) is 193 cm³/mol. The Kier molecular flexibility index (Phi) is 11.2. The van der Waals surface area contributed by atoms with Gasteiger partial charge in [-0.3, -0.25) is 14.6 Å². The molecule has 5 rings (SSSR count). The minimum atomic E-state index is -0.725. The van der Waals surface area contributed by atoms with Crippen molar-refractivity contribution in [1.29, 1.82) is 0 Å². The molecule has 0 aliphatic carbocycles. The number of amides is 2. The standard InChI is InChI=1S/C40H48N4O5/c1-39(2,3)43-25-23-42(24-26-43)36(45)27-44(38(46)49-40(4,5)6)33-19-17-32(18-20-33)34-21-22-35(47-28-30-13-9-7-10-14-30)41-37(34)48-29-31-15-11-8-12-16-31/h7-22H,23-29H2,1-6H3. The van der Waals surface area contributed by atoms with E-state index in [0.717, 1.165) is 35.3 Å². The maximum atomic E-state index is 13.5. The van der Waals surface area contributed by atoms with Gasteiger partial charge >= 0.3 is 6.09 Å². The van der Waals surface area contributed by atoms with Gasteiger partial charge in [-0.25, -0.2) is 4.79 Å². The molecule has 1 fully saturated rings. The summed E-state index contributed by atoms with van der Waals surface area (Å²) in [6, 6.07) is 31.0. The average molecular weight is 665 g/mol. The number of carbonyl (C=O) groups is 2. The van der Waals surface area contributed by atoms with E-state index < -0.39 is 11.7 Å². The second-order valence-corrected chi connectivity index (χ2v) is 14.2. The SMILES string of the molecule is CC(C)(C)OC(=O)N(CC(=O)N1CCN(C(C)(C)C)CC1)c1ccc(-c2ccc(OCc3ccccc3)nc2OCc2ccccc2)cc1. The summed E-state index contributed by atoms with van der Waals surface area (Å²) in [5, 5.41) is 0. The molecule has 49 heavy (non-hydrogen) atoms. The van der Waals surface area contributed by atoms with Gasteiger partial charge in [-0.1, -0.05) is 72.8 Å². The number of aromatic nitrogens is 1. The number of carbonyl (C=O) groups excluding carboxylic acids is 2. The lowest BCUT2D eigenvalue weighted by Gasteiger charge is -2.42. The molecule has 0 N–H and O–H groups in total. The van der Waals surface area contributed by atoms with E-state index in [1.165, 1.54) is 4.90 Å². The number of ether oxygens (including phenoxy) is 3. The van der Waals surface area contributed by atoms with Crippen LogP contribution in [-0.2, 0) is 22.7 Å². The Labute approximate surface area is 290 Å². The minimum Gasteiger partial charge on any atom is -0.473 e. The zero-order chi connectivity index (χ0) is 35.0. The Balaban J connectivity index is 1.37. The van der Waals surface area contributed by atoms with E-state index in [4.69, 9.17) is 19.2 Å². The fourth-order valence-corrected chi connectivity index (χ4v) is 5.55. The quantitative estimate of drug-likeness (QED) is 0.173. The molecule has 0 spiro atoms. The van der Waals surface area contributed by atoms with E-state index in [-0.39, 0.29) is 18.0 Å². The van der Waals surface area contributed by atoms with E-state index in [0.29, 0.717) is 43.8 Å². The maximum Gasteiger partial charge on any atom is 0.415 e. The molecule has 258 valence electrons. The van der Waals surface area contributed by atoms with Crippen LogP contribution in [0.5, 0.6) is 11.8 Å². The van der Waals surface area contributed by atoms with Crippen molar-refractivity contribution in [2.24, 2.45) is 0 Å². The van der Waals surface area contributed by atoms with Gasteiger partial charge < -0.3 is 19.1 Å². The highest BCUT2D eigenvalue weighted by molar-refractivity contribution is 5.95. The van der Waals surface area contributed by atoms with Crippen LogP contribution in [0.2, 0.25) is 0 Å². The number of rotatable bonds is 10. The van der Waals surface area contributed by atoms with Crippen molar-refractivity contribution in [3.05, 3.63) is 108 Å². The third kappa shape index (κ3) is 10.1. The molecule has 0 bridgehead atoms. The largest absolute Gasteiger partial charge is 0.473 e. The van der Waals surface area contributed by atoms with Gasteiger partial charge in [0.2, 0.25) is 17.7 Å². The molecule has 0 unspecified atom stereocenters. The molecule has 1 aromatic heterocycles. The second-order valence-electron chi connectivity index (χ2n) is 14.2. The lowest BCUT2D eigenvalue weighted by molar-refractivity contribution is -0.132. The normalized spacial score (nSPS) is 13.9. The summed E-state index contributed by atoms with van der Waals surface area (Å²) in [6.45, 7) is 15.4. The van der Waals surface area contributed by atoms with E-state index in [1.807, 2.05) is 123 Å². The van der Waals surface area contributed by atoms with Crippen LogP contribution in [0.25, 0.3) is 11.1 Å². The molecule has 1 aliphatic rings. The van der Waals surface area contributed by atoms with Crippen LogP contribution in [0.15, 0.2) is 97.1 Å². The number of benzene rings is 3. The van der Waals surface area contributed by atoms with Crippen LogP contribution < -0.4 is 14.4 Å². The van der Waals surface area contributed by atoms with Crippen molar-refractivity contribution in [2.75, 3.05) is 37.6 Å². The number of hydrogen-bond donors (Lipinski definition) is 0. The molecule has 0 radical (unpaired) electrons. The summed E-state index contributed by atoms with van der Waals surface area (Å²) in [5.74, 6) is 0.761. The highest BCUT2D eigenvalue weighted by Crippen LogP contribution is 2.33. The Bertz CT molecular complexity index is 1670. The first-order chi connectivity index (χ1) is 23.4. The van der Waals surface area contributed by atoms with Crippen molar-refractivity contribution in [3.8, 4) is 22.9 Å². The molecule has 9 heteroatoms. The molecule has 0 saturated carbocycles. The smallest absolute Gasteiger partial charge is 0.415 e. The first-order valence-corrected chi connectivity index (χ1v) is 16.8. The van der Waals surface area contributed by atoms with Crippen LogP contribution in [0.3, 0.4) is 0 Å². The summed E-state index contributed by atoms with van der Waals surface area (Å²) in [6.07, 6.45) is -0.574. The molecule has 4 aromatic rings. The highest BCUT2D eigenvalue weighted by atomic mass is 16.6. The van der Waals surface area contributed by atoms with Gasteiger partial charge in [0.1, 0.15) is 25.4 Å².